The molecule has 1 aromatic heterocycles. The molecule has 5 nitrogen and oxygen atoms in total. The van der Waals surface area contributed by atoms with Gasteiger partial charge < -0.3 is 11.1 Å². The molecule has 0 fully saturated rings. The van der Waals surface area contributed by atoms with Crippen LogP contribution in [0.1, 0.15) is 32.9 Å². The van der Waals surface area contributed by atoms with Gasteiger partial charge in [-0.2, -0.15) is 5.10 Å². The first-order valence-electron chi connectivity index (χ1n) is 6.09. The van der Waals surface area contributed by atoms with E-state index in [1.807, 2.05) is 33.8 Å². The highest BCUT2D eigenvalue weighted by atomic mass is 16.1. The predicted molar refractivity (Wildman–Crippen MR) is 76.3 cm³/mol. The lowest BCUT2D eigenvalue weighted by Gasteiger charge is -2.10. The summed E-state index contributed by atoms with van der Waals surface area (Å²) in [7, 11) is 0. The highest BCUT2D eigenvalue weighted by molar-refractivity contribution is 6.06. The summed E-state index contributed by atoms with van der Waals surface area (Å²) in [4.78, 5) is 12.3. The van der Waals surface area contributed by atoms with Gasteiger partial charge >= 0.3 is 0 Å². The van der Waals surface area contributed by atoms with Crippen LogP contribution in [0.4, 0.5) is 11.4 Å². The van der Waals surface area contributed by atoms with Crippen molar-refractivity contribution in [3.63, 3.8) is 0 Å². The summed E-state index contributed by atoms with van der Waals surface area (Å²) in [6.07, 6.45) is 0. The van der Waals surface area contributed by atoms with E-state index < -0.39 is 0 Å². The maximum absolute atomic E-state index is 12.3. The molecule has 1 aromatic carbocycles. The average Bonchev–Trinajstić information content (AvgIpc) is 2.65. The Morgan fingerprint density at radius 2 is 1.89 bits per heavy atom. The van der Waals surface area contributed by atoms with Crippen molar-refractivity contribution < 1.29 is 4.79 Å². The first-order chi connectivity index (χ1) is 8.90. The maximum atomic E-state index is 12.3. The van der Waals surface area contributed by atoms with Gasteiger partial charge in [0.1, 0.15) is 0 Å². The number of carbonyl (C=O) groups is 1. The first kappa shape index (κ1) is 13.1. The van der Waals surface area contributed by atoms with E-state index in [0.717, 1.165) is 28.2 Å². The van der Waals surface area contributed by atoms with Gasteiger partial charge in [0.05, 0.1) is 17.1 Å². The molecule has 1 heterocycles. The normalized spacial score (nSPS) is 10.5. The van der Waals surface area contributed by atoms with Gasteiger partial charge in [0.25, 0.3) is 5.91 Å². The Morgan fingerprint density at radius 1 is 1.21 bits per heavy atom. The van der Waals surface area contributed by atoms with E-state index in [2.05, 4.69) is 15.5 Å². The predicted octanol–water partition coefficient (Wildman–Crippen LogP) is 2.48. The summed E-state index contributed by atoms with van der Waals surface area (Å²) in [5.74, 6) is -0.170. The second-order valence-electron chi connectivity index (χ2n) is 4.79. The van der Waals surface area contributed by atoms with E-state index in [-0.39, 0.29) is 5.91 Å². The topological polar surface area (TPSA) is 83.8 Å². The molecule has 5 heteroatoms. The summed E-state index contributed by atoms with van der Waals surface area (Å²) in [6, 6.07) is 3.63. The zero-order chi connectivity index (χ0) is 14.2. The van der Waals surface area contributed by atoms with Crippen molar-refractivity contribution in [1.29, 1.82) is 0 Å². The molecule has 0 unspecified atom stereocenters. The van der Waals surface area contributed by atoms with E-state index in [4.69, 9.17) is 5.73 Å². The monoisotopic (exact) mass is 258 g/mol. The van der Waals surface area contributed by atoms with Crippen molar-refractivity contribution in [2.75, 3.05) is 11.1 Å². The molecule has 0 radical (unpaired) electrons. The molecule has 19 heavy (non-hydrogen) atoms. The number of aryl methyl sites for hydroxylation is 4. The van der Waals surface area contributed by atoms with Crippen LogP contribution in [-0.4, -0.2) is 16.1 Å². The number of nitrogens with zero attached hydrogens (tertiary/aromatic N) is 1. The number of aromatic amines is 1. The highest BCUT2D eigenvalue weighted by Crippen LogP contribution is 2.21. The molecule has 0 saturated heterocycles. The molecule has 0 saturated carbocycles. The van der Waals surface area contributed by atoms with Crippen molar-refractivity contribution in [2.24, 2.45) is 0 Å². The third kappa shape index (κ3) is 2.45. The van der Waals surface area contributed by atoms with Crippen LogP contribution in [0.3, 0.4) is 0 Å². The fraction of sp³-hybridized carbons (Fsp3) is 0.286. The second kappa shape index (κ2) is 4.76. The van der Waals surface area contributed by atoms with Crippen molar-refractivity contribution in [3.8, 4) is 0 Å². The van der Waals surface area contributed by atoms with Crippen LogP contribution >= 0.6 is 0 Å². The maximum Gasteiger partial charge on any atom is 0.256 e. The van der Waals surface area contributed by atoms with E-state index in [0.29, 0.717) is 11.3 Å². The number of rotatable bonds is 2. The van der Waals surface area contributed by atoms with Crippen LogP contribution in [0, 0.1) is 27.7 Å². The molecule has 2 aromatic rings. The van der Waals surface area contributed by atoms with Gasteiger partial charge in [-0.25, -0.2) is 0 Å². The van der Waals surface area contributed by atoms with Crippen LogP contribution in [0.25, 0.3) is 0 Å². The molecule has 0 aliphatic rings. The van der Waals surface area contributed by atoms with Crippen molar-refractivity contribution in [2.45, 2.75) is 27.7 Å². The number of benzene rings is 1. The van der Waals surface area contributed by atoms with Crippen LogP contribution in [0.15, 0.2) is 12.1 Å². The summed E-state index contributed by atoms with van der Waals surface area (Å²) < 4.78 is 0. The minimum absolute atomic E-state index is 0.170. The molecule has 4 N–H and O–H groups in total. The van der Waals surface area contributed by atoms with Crippen molar-refractivity contribution in [1.82, 2.24) is 10.2 Å². The molecular weight excluding hydrogens is 240 g/mol. The Balaban J connectivity index is 2.33. The largest absolute Gasteiger partial charge is 0.398 e. The van der Waals surface area contributed by atoms with E-state index in [1.54, 1.807) is 6.07 Å². The minimum Gasteiger partial charge on any atom is -0.398 e. The molecule has 100 valence electrons. The molecule has 0 atom stereocenters. The van der Waals surface area contributed by atoms with Crippen molar-refractivity contribution in [3.05, 3.63) is 40.2 Å². The zero-order valence-electron chi connectivity index (χ0n) is 11.6. The molecule has 2 rings (SSSR count). The molecule has 1 amide bonds. The Hall–Kier alpha value is -2.30. The quantitative estimate of drug-likeness (QED) is 0.723. The lowest BCUT2D eigenvalue weighted by Crippen LogP contribution is -2.15. The third-order valence-electron chi connectivity index (χ3n) is 3.22. The second-order valence-corrected chi connectivity index (χ2v) is 4.79. The van der Waals surface area contributed by atoms with Gasteiger partial charge in [0, 0.05) is 11.3 Å². The number of nitrogens with two attached hydrogens (primary N) is 1. The Bertz CT molecular complexity index is 624. The zero-order valence-corrected chi connectivity index (χ0v) is 11.6. The lowest BCUT2D eigenvalue weighted by molar-refractivity contribution is 0.102. The number of nitrogens with one attached hydrogen (secondary N) is 2. The summed E-state index contributed by atoms with van der Waals surface area (Å²) in [5, 5.41) is 9.77. The van der Waals surface area contributed by atoms with Crippen LogP contribution in [0.2, 0.25) is 0 Å². The number of hydrogen-bond donors (Lipinski definition) is 3. The summed E-state index contributed by atoms with van der Waals surface area (Å²) in [5.41, 5.74) is 11.3. The fourth-order valence-electron chi connectivity index (χ4n) is 2.03. The highest BCUT2D eigenvalue weighted by Gasteiger charge is 2.14. The fourth-order valence-corrected chi connectivity index (χ4v) is 2.03. The minimum atomic E-state index is -0.170. The molecule has 0 aliphatic heterocycles. The van der Waals surface area contributed by atoms with Crippen LogP contribution in [0.5, 0.6) is 0 Å². The smallest absolute Gasteiger partial charge is 0.256 e. The van der Waals surface area contributed by atoms with Gasteiger partial charge in [-0.15, -0.1) is 0 Å². The number of hydrogen-bond acceptors (Lipinski definition) is 3. The first-order valence-corrected chi connectivity index (χ1v) is 6.09. The molecule has 0 spiro atoms. The number of amides is 1. The van der Waals surface area contributed by atoms with Gasteiger partial charge in [0.15, 0.2) is 0 Å². The standard InChI is InChI=1S/C14H18N4O/c1-7-5-8(2)12(15)6-11(7)14(19)16-13-9(3)17-18-10(13)4/h5-6H,15H2,1-4H3,(H,16,19)(H,17,18). The number of aromatic nitrogens is 2. The Morgan fingerprint density at radius 3 is 2.47 bits per heavy atom. The van der Waals surface area contributed by atoms with Gasteiger partial charge in [0.2, 0.25) is 0 Å². The summed E-state index contributed by atoms with van der Waals surface area (Å²) >= 11 is 0. The number of H-pyrrole nitrogens is 1. The van der Waals surface area contributed by atoms with E-state index >= 15 is 0 Å². The average molecular weight is 258 g/mol. The van der Waals surface area contributed by atoms with Gasteiger partial charge in [-0.05, 0) is 44.9 Å². The number of anilines is 2. The molecule has 0 aliphatic carbocycles. The van der Waals surface area contributed by atoms with E-state index in [9.17, 15) is 4.79 Å². The molecular formula is C14H18N4O. The van der Waals surface area contributed by atoms with Crippen molar-refractivity contribution >= 4 is 17.3 Å². The Kier molecular flexibility index (Phi) is 3.29. The van der Waals surface area contributed by atoms with Crippen LogP contribution < -0.4 is 11.1 Å². The number of carbonyl (C=O) groups excluding carboxylic acids is 1. The lowest BCUT2D eigenvalue weighted by atomic mass is 10.0. The van der Waals surface area contributed by atoms with Gasteiger partial charge in [-0.1, -0.05) is 6.07 Å². The van der Waals surface area contributed by atoms with Gasteiger partial charge in [-0.3, -0.25) is 9.89 Å². The SMILES string of the molecule is Cc1cc(C)c(C(=O)Nc2c(C)n[nH]c2C)cc1N. The van der Waals surface area contributed by atoms with E-state index in [1.165, 1.54) is 0 Å². The number of nitrogen functional groups attached to an aromatic ring is 1. The molecule has 0 bridgehead atoms. The summed E-state index contributed by atoms with van der Waals surface area (Å²) in [6.45, 7) is 7.53. The van der Waals surface area contributed by atoms with Crippen LogP contribution in [-0.2, 0) is 0 Å². The Labute approximate surface area is 112 Å². The third-order valence-corrected chi connectivity index (χ3v) is 3.22.